The summed E-state index contributed by atoms with van der Waals surface area (Å²) in [4.78, 5) is 16.1. The van der Waals surface area contributed by atoms with E-state index in [0.29, 0.717) is 29.9 Å². The van der Waals surface area contributed by atoms with E-state index in [0.717, 1.165) is 11.1 Å². The van der Waals surface area contributed by atoms with Crippen LogP contribution in [0.4, 0.5) is 5.82 Å². The van der Waals surface area contributed by atoms with Crippen molar-refractivity contribution < 1.29 is 9.90 Å². The second-order valence-corrected chi connectivity index (χ2v) is 5.66. The van der Waals surface area contributed by atoms with E-state index in [9.17, 15) is 9.90 Å². The molecule has 24 heavy (non-hydrogen) atoms. The largest absolute Gasteiger partial charge is 0.478 e. The molecule has 4 heteroatoms. The summed E-state index contributed by atoms with van der Waals surface area (Å²) in [6, 6.07) is 21.1. The number of hydrogen-bond acceptors (Lipinski definition) is 3. The van der Waals surface area contributed by atoms with E-state index < -0.39 is 5.97 Å². The van der Waals surface area contributed by atoms with Gasteiger partial charge in [-0.25, -0.2) is 9.78 Å². The van der Waals surface area contributed by atoms with Gasteiger partial charge >= 0.3 is 5.97 Å². The van der Waals surface area contributed by atoms with Crippen molar-refractivity contribution in [2.24, 2.45) is 0 Å². The molecule has 0 spiro atoms. The number of anilines is 1. The highest BCUT2D eigenvalue weighted by Gasteiger charge is 2.18. The van der Waals surface area contributed by atoms with Crippen LogP contribution < -0.4 is 5.73 Å². The molecule has 2 aromatic carbocycles. The Bertz CT molecular complexity index is 784. The SMILES string of the molecule is Nc1cc(Cc2ccccc2)c(C(=O)O)c(Cc2ccccc2)n1. The summed E-state index contributed by atoms with van der Waals surface area (Å²) in [6.07, 6.45) is 0.951. The van der Waals surface area contributed by atoms with Crippen molar-refractivity contribution in [3.05, 3.63) is 94.7 Å². The van der Waals surface area contributed by atoms with Crippen LogP contribution in [-0.4, -0.2) is 16.1 Å². The fourth-order valence-electron chi connectivity index (χ4n) is 2.81. The Balaban J connectivity index is 2.04. The summed E-state index contributed by atoms with van der Waals surface area (Å²) in [6.45, 7) is 0. The van der Waals surface area contributed by atoms with Gasteiger partial charge in [-0.05, 0) is 29.2 Å². The van der Waals surface area contributed by atoms with Crippen molar-refractivity contribution in [3.8, 4) is 0 Å². The molecule has 0 saturated heterocycles. The van der Waals surface area contributed by atoms with Crippen molar-refractivity contribution >= 4 is 11.8 Å². The molecule has 3 N–H and O–H groups in total. The molecule has 120 valence electrons. The highest BCUT2D eigenvalue weighted by Crippen LogP contribution is 2.22. The fourth-order valence-corrected chi connectivity index (χ4v) is 2.81. The van der Waals surface area contributed by atoms with Crippen molar-refractivity contribution in [2.75, 3.05) is 5.73 Å². The lowest BCUT2D eigenvalue weighted by atomic mass is 9.96. The Hall–Kier alpha value is -3.14. The lowest BCUT2D eigenvalue weighted by Crippen LogP contribution is -2.12. The summed E-state index contributed by atoms with van der Waals surface area (Å²) in [5, 5.41) is 9.71. The third-order valence-electron chi connectivity index (χ3n) is 3.86. The molecule has 0 atom stereocenters. The van der Waals surface area contributed by atoms with E-state index >= 15 is 0 Å². The smallest absolute Gasteiger partial charge is 0.337 e. The Kier molecular flexibility index (Phi) is 4.57. The minimum absolute atomic E-state index is 0.247. The van der Waals surface area contributed by atoms with Crippen molar-refractivity contribution in [2.45, 2.75) is 12.8 Å². The average molecular weight is 318 g/mol. The fraction of sp³-hybridized carbons (Fsp3) is 0.100. The van der Waals surface area contributed by atoms with Gasteiger partial charge in [0.2, 0.25) is 0 Å². The molecule has 0 aliphatic heterocycles. The van der Waals surface area contributed by atoms with E-state index in [2.05, 4.69) is 4.98 Å². The normalized spacial score (nSPS) is 10.5. The molecule has 1 aromatic heterocycles. The van der Waals surface area contributed by atoms with Crippen molar-refractivity contribution in [1.29, 1.82) is 0 Å². The number of pyridine rings is 1. The van der Waals surface area contributed by atoms with Crippen LogP contribution in [-0.2, 0) is 12.8 Å². The first-order chi connectivity index (χ1) is 11.6. The zero-order chi connectivity index (χ0) is 16.9. The van der Waals surface area contributed by atoms with E-state index in [4.69, 9.17) is 5.73 Å². The topological polar surface area (TPSA) is 76.2 Å². The summed E-state index contributed by atoms with van der Waals surface area (Å²) in [5.41, 5.74) is 9.41. The van der Waals surface area contributed by atoms with Gasteiger partial charge in [-0.3, -0.25) is 0 Å². The maximum Gasteiger partial charge on any atom is 0.337 e. The minimum Gasteiger partial charge on any atom is -0.478 e. The highest BCUT2D eigenvalue weighted by molar-refractivity contribution is 5.91. The summed E-state index contributed by atoms with van der Waals surface area (Å²) < 4.78 is 0. The molecule has 4 nitrogen and oxygen atoms in total. The molecule has 0 fully saturated rings. The van der Waals surface area contributed by atoms with Crippen molar-refractivity contribution in [3.63, 3.8) is 0 Å². The van der Waals surface area contributed by atoms with Gasteiger partial charge in [0.25, 0.3) is 0 Å². The first kappa shape index (κ1) is 15.7. The Labute approximate surface area is 140 Å². The van der Waals surface area contributed by atoms with Gasteiger partial charge in [0.05, 0.1) is 11.3 Å². The van der Waals surface area contributed by atoms with Crippen LogP contribution >= 0.6 is 0 Å². The summed E-state index contributed by atoms with van der Waals surface area (Å²) >= 11 is 0. The van der Waals surface area contributed by atoms with E-state index in [1.54, 1.807) is 6.07 Å². The van der Waals surface area contributed by atoms with Crippen LogP contribution in [0.5, 0.6) is 0 Å². The van der Waals surface area contributed by atoms with Crippen molar-refractivity contribution in [1.82, 2.24) is 4.98 Å². The van der Waals surface area contributed by atoms with Crippen LogP contribution in [0.25, 0.3) is 0 Å². The second-order valence-electron chi connectivity index (χ2n) is 5.66. The lowest BCUT2D eigenvalue weighted by molar-refractivity contribution is 0.0694. The van der Waals surface area contributed by atoms with Crippen LogP contribution in [0.15, 0.2) is 66.7 Å². The second kappa shape index (κ2) is 6.96. The monoisotopic (exact) mass is 318 g/mol. The lowest BCUT2D eigenvalue weighted by Gasteiger charge is -2.13. The van der Waals surface area contributed by atoms with E-state index in [-0.39, 0.29) is 5.56 Å². The number of hydrogen-bond donors (Lipinski definition) is 2. The molecule has 3 rings (SSSR count). The quantitative estimate of drug-likeness (QED) is 0.754. The number of aromatic carboxylic acids is 1. The average Bonchev–Trinajstić information content (AvgIpc) is 2.56. The Morgan fingerprint density at radius 1 is 0.917 bits per heavy atom. The summed E-state index contributed by atoms with van der Waals surface area (Å²) in [5.74, 6) is -0.628. The first-order valence-electron chi connectivity index (χ1n) is 7.73. The summed E-state index contributed by atoms with van der Waals surface area (Å²) in [7, 11) is 0. The highest BCUT2D eigenvalue weighted by atomic mass is 16.4. The minimum atomic E-state index is -0.973. The number of carboxylic acids is 1. The first-order valence-corrected chi connectivity index (χ1v) is 7.73. The van der Waals surface area contributed by atoms with Gasteiger partial charge in [0.15, 0.2) is 0 Å². The third kappa shape index (κ3) is 3.60. The molecule has 0 aliphatic rings. The standard InChI is InChI=1S/C20H18N2O2/c21-18-13-16(11-14-7-3-1-4-8-14)19(20(23)24)17(22-18)12-15-9-5-2-6-10-15/h1-10,13H,11-12H2,(H2,21,22)(H,23,24). The molecule has 0 bridgehead atoms. The molecule has 0 aliphatic carbocycles. The number of rotatable bonds is 5. The number of nitrogens with two attached hydrogens (primary N) is 1. The molecule has 3 aromatic rings. The number of nitrogens with zero attached hydrogens (tertiary/aromatic N) is 1. The number of nitrogen functional groups attached to an aromatic ring is 1. The molecular weight excluding hydrogens is 300 g/mol. The van der Waals surface area contributed by atoms with Gasteiger partial charge < -0.3 is 10.8 Å². The van der Waals surface area contributed by atoms with Gasteiger partial charge in [-0.1, -0.05) is 60.7 Å². The van der Waals surface area contributed by atoms with Crippen LogP contribution in [0.2, 0.25) is 0 Å². The third-order valence-corrected chi connectivity index (χ3v) is 3.86. The van der Waals surface area contributed by atoms with Crippen LogP contribution in [0.3, 0.4) is 0 Å². The molecule has 1 heterocycles. The zero-order valence-electron chi connectivity index (χ0n) is 13.1. The molecule has 0 unspecified atom stereocenters. The Morgan fingerprint density at radius 3 is 2.00 bits per heavy atom. The predicted molar refractivity (Wildman–Crippen MR) is 94.1 cm³/mol. The van der Waals surface area contributed by atoms with Gasteiger partial charge in [-0.15, -0.1) is 0 Å². The Morgan fingerprint density at radius 2 is 1.46 bits per heavy atom. The number of benzene rings is 2. The molecular formula is C20H18N2O2. The number of carboxylic acid groups (broad SMARTS) is 1. The van der Waals surface area contributed by atoms with Crippen LogP contribution in [0, 0.1) is 0 Å². The zero-order valence-corrected chi connectivity index (χ0v) is 13.1. The molecule has 0 amide bonds. The predicted octanol–water partition coefficient (Wildman–Crippen LogP) is 3.54. The van der Waals surface area contributed by atoms with Gasteiger partial charge in [0, 0.05) is 6.42 Å². The van der Waals surface area contributed by atoms with Gasteiger partial charge in [-0.2, -0.15) is 0 Å². The number of aromatic nitrogens is 1. The van der Waals surface area contributed by atoms with Crippen LogP contribution in [0.1, 0.15) is 32.7 Å². The maximum absolute atomic E-state index is 11.9. The van der Waals surface area contributed by atoms with Gasteiger partial charge in [0.1, 0.15) is 5.82 Å². The van der Waals surface area contributed by atoms with E-state index in [1.165, 1.54) is 0 Å². The molecule has 0 saturated carbocycles. The molecule has 0 radical (unpaired) electrons. The number of carbonyl (C=O) groups is 1. The van der Waals surface area contributed by atoms with E-state index in [1.807, 2.05) is 60.7 Å². The maximum atomic E-state index is 11.9.